The SMILES string of the molecule is CN(C)[C@@H]1C(O)=C(C(N)=O)C(=O)[C@@]2(O)C(O)=C3C(=O)c4c(O)c(NC(=O)c5cccc(C(F)(F)F)c5)cc(F)c4C[C@H]3C[C@@H]12. The van der Waals surface area contributed by atoms with Crippen LogP contribution in [0.15, 0.2) is 53.0 Å². The molecule has 3 aliphatic carbocycles. The first kappa shape index (κ1) is 30.7. The molecule has 0 saturated heterocycles. The van der Waals surface area contributed by atoms with Gasteiger partial charge in [-0.25, -0.2) is 4.39 Å². The Kier molecular flexibility index (Phi) is 7.09. The molecule has 0 radical (unpaired) electrons. The maximum absolute atomic E-state index is 15.4. The minimum Gasteiger partial charge on any atom is -0.510 e. The lowest BCUT2D eigenvalue weighted by Crippen LogP contribution is -2.63. The number of aliphatic hydroxyl groups excluding tert-OH is 2. The van der Waals surface area contributed by atoms with Crippen LogP contribution >= 0.6 is 0 Å². The first-order valence-electron chi connectivity index (χ1n) is 13.1. The summed E-state index contributed by atoms with van der Waals surface area (Å²) < 4.78 is 54.8. The summed E-state index contributed by atoms with van der Waals surface area (Å²) in [6, 6.07) is 2.73. The number of nitrogens with one attached hydrogen (secondary N) is 1. The van der Waals surface area contributed by atoms with Gasteiger partial charge >= 0.3 is 6.18 Å². The zero-order chi connectivity index (χ0) is 32.6. The molecule has 44 heavy (non-hydrogen) atoms. The maximum Gasteiger partial charge on any atom is 0.416 e. The number of carbonyl (C=O) groups is 4. The fourth-order valence-corrected chi connectivity index (χ4v) is 6.40. The second-order valence-corrected chi connectivity index (χ2v) is 11.1. The Morgan fingerprint density at radius 1 is 1.11 bits per heavy atom. The number of aromatic hydroxyl groups is 1. The number of amides is 2. The molecule has 11 nitrogen and oxygen atoms in total. The fourth-order valence-electron chi connectivity index (χ4n) is 6.40. The Hall–Kier alpha value is -4.76. The molecule has 0 fully saturated rings. The summed E-state index contributed by atoms with van der Waals surface area (Å²) in [5, 5.41) is 46.7. The number of rotatable bonds is 4. The molecular formula is C29H25F4N3O8. The summed E-state index contributed by atoms with van der Waals surface area (Å²) >= 11 is 0. The van der Waals surface area contributed by atoms with Crippen molar-refractivity contribution in [1.29, 1.82) is 0 Å². The van der Waals surface area contributed by atoms with E-state index in [1.54, 1.807) is 0 Å². The second-order valence-electron chi connectivity index (χ2n) is 11.1. The van der Waals surface area contributed by atoms with E-state index < -0.39 is 110 Å². The quantitative estimate of drug-likeness (QED) is 0.170. The summed E-state index contributed by atoms with van der Waals surface area (Å²) in [5.41, 5.74) is -2.51. The molecule has 7 N–H and O–H groups in total. The largest absolute Gasteiger partial charge is 0.510 e. The summed E-state index contributed by atoms with van der Waals surface area (Å²) in [6.45, 7) is 0. The number of likely N-dealkylation sites (N-methyl/N-ethyl adjacent to an activating group) is 1. The number of hydrogen-bond acceptors (Lipinski definition) is 9. The van der Waals surface area contributed by atoms with Crippen LogP contribution in [0.25, 0.3) is 0 Å². The molecule has 232 valence electrons. The van der Waals surface area contributed by atoms with Crippen LogP contribution in [0.3, 0.4) is 0 Å². The lowest BCUT2D eigenvalue weighted by Gasteiger charge is -2.50. The Morgan fingerprint density at radius 2 is 1.77 bits per heavy atom. The molecule has 0 bridgehead atoms. The topological polar surface area (TPSA) is 190 Å². The fraction of sp³-hybridized carbons (Fsp3) is 0.310. The number of carbonyl (C=O) groups excluding carboxylic acids is 4. The zero-order valence-corrected chi connectivity index (χ0v) is 23.0. The number of Topliss-reactive ketones (excluding diaryl/α,β-unsaturated/α-hetero) is 2. The number of alkyl halides is 3. The monoisotopic (exact) mass is 619 g/mol. The summed E-state index contributed by atoms with van der Waals surface area (Å²) in [7, 11) is 2.92. The van der Waals surface area contributed by atoms with Crippen LogP contribution in [-0.2, 0) is 22.2 Å². The number of hydrogen-bond donors (Lipinski definition) is 6. The molecule has 2 aromatic carbocycles. The van der Waals surface area contributed by atoms with Crippen molar-refractivity contribution in [2.45, 2.75) is 30.7 Å². The average Bonchev–Trinajstić information content (AvgIpc) is 2.92. The third-order valence-electron chi connectivity index (χ3n) is 8.37. The van der Waals surface area contributed by atoms with E-state index in [-0.39, 0.29) is 18.4 Å². The van der Waals surface area contributed by atoms with E-state index in [0.29, 0.717) is 12.1 Å². The van der Waals surface area contributed by atoms with Crippen LogP contribution < -0.4 is 11.1 Å². The Morgan fingerprint density at radius 3 is 2.36 bits per heavy atom. The van der Waals surface area contributed by atoms with Crippen LogP contribution in [-0.4, -0.2) is 74.4 Å². The van der Waals surface area contributed by atoms with Gasteiger partial charge in [0.05, 0.1) is 22.9 Å². The minimum absolute atomic E-state index is 0.264. The van der Waals surface area contributed by atoms with Crippen LogP contribution in [0.5, 0.6) is 5.75 Å². The molecule has 5 rings (SSSR count). The van der Waals surface area contributed by atoms with E-state index in [0.717, 1.165) is 18.2 Å². The molecule has 2 aromatic rings. The second kappa shape index (κ2) is 10.2. The molecule has 4 atom stereocenters. The molecule has 0 saturated carbocycles. The van der Waals surface area contributed by atoms with Gasteiger partial charge in [-0.1, -0.05) is 6.07 Å². The molecule has 3 aliphatic rings. The van der Waals surface area contributed by atoms with Gasteiger partial charge in [-0.15, -0.1) is 0 Å². The number of primary amides is 1. The van der Waals surface area contributed by atoms with Crippen molar-refractivity contribution in [2.24, 2.45) is 17.6 Å². The van der Waals surface area contributed by atoms with Gasteiger partial charge in [0.1, 0.15) is 22.9 Å². The number of halogens is 4. The van der Waals surface area contributed by atoms with Gasteiger partial charge in [0.2, 0.25) is 5.78 Å². The highest BCUT2D eigenvalue weighted by atomic mass is 19.4. The number of nitrogens with two attached hydrogens (primary N) is 1. The number of fused-ring (bicyclic) bond motifs is 3. The predicted octanol–water partition coefficient (Wildman–Crippen LogP) is 2.53. The number of nitrogens with zero attached hydrogens (tertiary/aromatic N) is 1. The maximum atomic E-state index is 15.4. The molecule has 2 amide bonds. The van der Waals surface area contributed by atoms with Crippen molar-refractivity contribution in [1.82, 2.24) is 4.90 Å². The molecule has 0 spiro atoms. The van der Waals surface area contributed by atoms with Gasteiger partial charge in [-0.2, -0.15) is 13.2 Å². The molecule has 0 aromatic heterocycles. The van der Waals surface area contributed by atoms with Crippen molar-refractivity contribution in [3.8, 4) is 5.75 Å². The van der Waals surface area contributed by atoms with E-state index in [4.69, 9.17) is 5.73 Å². The van der Waals surface area contributed by atoms with E-state index >= 15 is 4.39 Å². The van der Waals surface area contributed by atoms with Gasteiger partial charge in [0.25, 0.3) is 11.8 Å². The van der Waals surface area contributed by atoms with Crippen LogP contribution in [0.1, 0.15) is 38.3 Å². The van der Waals surface area contributed by atoms with E-state index in [1.165, 1.54) is 19.0 Å². The smallest absolute Gasteiger partial charge is 0.416 e. The number of anilines is 1. The van der Waals surface area contributed by atoms with Crippen molar-refractivity contribution >= 4 is 29.1 Å². The minimum atomic E-state index is -4.77. The van der Waals surface area contributed by atoms with Crippen LogP contribution in [0, 0.1) is 17.7 Å². The van der Waals surface area contributed by atoms with Crippen LogP contribution in [0.2, 0.25) is 0 Å². The van der Waals surface area contributed by atoms with Crippen LogP contribution in [0.4, 0.5) is 23.2 Å². The molecule has 0 aliphatic heterocycles. The normalized spacial score (nSPS) is 25.0. The highest BCUT2D eigenvalue weighted by molar-refractivity contribution is 6.25. The third-order valence-corrected chi connectivity index (χ3v) is 8.37. The molecular weight excluding hydrogens is 594 g/mol. The van der Waals surface area contributed by atoms with Gasteiger partial charge < -0.3 is 31.5 Å². The zero-order valence-electron chi connectivity index (χ0n) is 23.0. The number of aliphatic hydroxyl groups is 3. The number of benzene rings is 2. The highest BCUT2D eigenvalue weighted by Crippen LogP contribution is 2.53. The molecule has 15 heteroatoms. The number of allylic oxidation sites excluding steroid dienone is 1. The third kappa shape index (κ3) is 4.42. The summed E-state index contributed by atoms with van der Waals surface area (Å²) in [6.07, 6.45) is -5.37. The highest BCUT2D eigenvalue weighted by Gasteiger charge is 2.63. The van der Waals surface area contributed by atoms with Gasteiger partial charge in [0, 0.05) is 28.7 Å². The summed E-state index contributed by atoms with van der Waals surface area (Å²) in [5.74, 6) is -11.5. The van der Waals surface area contributed by atoms with E-state index in [1.807, 2.05) is 0 Å². The lowest BCUT2D eigenvalue weighted by molar-refractivity contribution is -0.148. The summed E-state index contributed by atoms with van der Waals surface area (Å²) in [4.78, 5) is 53.3. The van der Waals surface area contributed by atoms with Crippen molar-refractivity contribution < 1.29 is 57.2 Å². The van der Waals surface area contributed by atoms with Gasteiger partial charge in [-0.05, 0) is 51.1 Å². The first-order chi connectivity index (χ1) is 20.4. The molecule has 0 heterocycles. The van der Waals surface area contributed by atoms with E-state index in [9.17, 15) is 52.8 Å². The van der Waals surface area contributed by atoms with Gasteiger partial charge in [-0.3, -0.25) is 24.1 Å². The standard InChI is InChI=1S/C29H25F4N3O8/c1-36(2)20-14-8-11-7-13-15(30)9-16(35-27(43)10-4-3-5-12(6-10)29(31,32)33)21(37)18(13)22(38)17(11)24(40)28(14,44)25(41)19(23(20)39)26(34)42/h3-6,9,11,14,20,37,39-40,44H,7-8H2,1-2H3,(H2,34,42)(H,35,43)/t11-,14-,20-,28-/m0/s1. The van der Waals surface area contributed by atoms with Crippen molar-refractivity contribution in [3.63, 3.8) is 0 Å². The number of phenolic OH excluding ortho intramolecular Hbond substituents is 1. The van der Waals surface area contributed by atoms with Crippen molar-refractivity contribution in [3.05, 3.63) is 81.1 Å². The predicted molar refractivity (Wildman–Crippen MR) is 143 cm³/mol. The average molecular weight is 620 g/mol. The van der Waals surface area contributed by atoms with Crippen molar-refractivity contribution in [2.75, 3.05) is 19.4 Å². The molecule has 0 unspecified atom stereocenters. The van der Waals surface area contributed by atoms with Gasteiger partial charge in [0.15, 0.2) is 17.1 Å². The number of ketones is 2. The van der Waals surface area contributed by atoms with E-state index in [2.05, 4.69) is 5.32 Å². The first-order valence-corrected chi connectivity index (χ1v) is 13.1. The lowest BCUT2D eigenvalue weighted by atomic mass is 9.58. The Labute approximate surface area is 245 Å². The Balaban J connectivity index is 1.59. The Bertz CT molecular complexity index is 1730. The number of phenols is 1.